The molecule has 0 spiro atoms. The number of nitrogens with zero attached hydrogens (tertiary/aromatic N) is 3. The van der Waals surface area contributed by atoms with Crippen molar-refractivity contribution in [2.45, 2.75) is 25.3 Å². The molecule has 1 aliphatic rings. The first-order valence-electron chi connectivity index (χ1n) is 7.14. The summed E-state index contributed by atoms with van der Waals surface area (Å²) in [5, 5.41) is 2.85. The molecule has 1 aromatic rings. The van der Waals surface area contributed by atoms with Gasteiger partial charge in [0.15, 0.2) is 0 Å². The van der Waals surface area contributed by atoms with Gasteiger partial charge in [-0.05, 0) is 19.3 Å². The molecule has 8 heteroatoms. The number of aromatic nitrogens is 2. The summed E-state index contributed by atoms with van der Waals surface area (Å²) in [5.74, 6) is 0.168. The average molecular weight is 308 g/mol. The van der Waals surface area contributed by atoms with E-state index >= 15 is 0 Å². The van der Waals surface area contributed by atoms with Crippen LogP contribution < -0.4 is 10.1 Å². The number of anilines is 1. The van der Waals surface area contributed by atoms with Gasteiger partial charge in [-0.2, -0.15) is 4.98 Å². The molecule has 2 heterocycles. The van der Waals surface area contributed by atoms with Crippen molar-refractivity contribution in [3.8, 4) is 5.88 Å². The maximum Gasteiger partial charge on any atom is 0.328 e. The second-order valence-corrected chi connectivity index (χ2v) is 4.90. The molecule has 1 N–H and O–H groups in total. The van der Waals surface area contributed by atoms with E-state index in [4.69, 9.17) is 9.47 Å². The predicted molar refractivity (Wildman–Crippen MR) is 78.4 cm³/mol. The van der Waals surface area contributed by atoms with Crippen molar-refractivity contribution in [2.24, 2.45) is 0 Å². The standard InChI is InChI=1S/C14H20N4O4/c1-21-11-6-7-15-14(17-11)16-9-12(19)18-8-4-3-5-10(18)13(20)22-2/h6-7,10H,3-5,8-9H2,1-2H3,(H,15,16,17)/t10-/m1/s1. The number of likely N-dealkylation sites (tertiary alicyclic amines) is 1. The first-order valence-corrected chi connectivity index (χ1v) is 7.14. The van der Waals surface area contributed by atoms with E-state index in [0.717, 1.165) is 12.8 Å². The summed E-state index contributed by atoms with van der Waals surface area (Å²) < 4.78 is 9.76. The molecule has 0 aliphatic carbocycles. The highest BCUT2D eigenvalue weighted by Gasteiger charge is 2.32. The number of carbonyl (C=O) groups excluding carboxylic acids is 2. The lowest BCUT2D eigenvalue weighted by Gasteiger charge is -2.33. The number of esters is 1. The van der Waals surface area contributed by atoms with Crippen molar-refractivity contribution in [2.75, 3.05) is 32.6 Å². The number of hydrogen-bond acceptors (Lipinski definition) is 7. The first-order chi connectivity index (χ1) is 10.7. The fourth-order valence-electron chi connectivity index (χ4n) is 2.41. The fraction of sp³-hybridized carbons (Fsp3) is 0.571. The minimum absolute atomic E-state index is 0.0145. The van der Waals surface area contributed by atoms with Crippen molar-refractivity contribution >= 4 is 17.8 Å². The molecule has 1 amide bonds. The van der Waals surface area contributed by atoms with E-state index in [1.54, 1.807) is 11.0 Å². The van der Waals surface area contributed by atoms with Crippen molar-refractivity contribution in [1.29, 1.82) is 0 Å². The van der Waals surface area contributed by atoms with E-state index in [1.807, 2.05) is 0 Å². The van der Waals surface area contributed by atoms with Crippen molar-refractivity contribution in [3.63, 3.8) is 0 Å². The third-order valence-corrected chi connectivity index (χ3v) is 3.53. The topological polar surface area (TPSA) is 93.7 Å². The summed E-state index contributed by atoms with van der Waals surface area (Å²) in [5.41, 5.74) is 0. The second kappa shape index (κ2) is 7.58. The number of carbonyl (C=O) groups is 2. The largest absolute Gasteiger partial charge is 0.481 e. The van der Waals surface area contributed by atoms with Crippen LogP contribution in [0.5, 0.6) is 5.88 Å². The molecule has 1 aromatic heterocycles. The Kier molecular flexibility index (Phi) is 5.51. The quantitative estimate of drug-likeness (QED) is 0.789. The Morgan fingerprint density at radius 3 is 2.95 bits per heavy atom. The number of hydrogen-bond donors (Lipinski definition) is 1. The Labute approximate surface area is 128 Å². The van der Waals surface area contributed by atoms with E-state index < -0.39 is 6.04 Å². The lowest BCUT2D eigenvalue weighted by molar-refractivity contribution is -0.154. The van der Waals surface area contributed by atoms with Gasteiger partial charge in [0.1, 0.15) is 6.04 Å². The van der Waals surface area contributed by atoms with Gasteiger partial charge < -0.3 is 19.7 Å². The Hall–Kier alpha value is -2.38. The third kappa shape index (κ3) is 3.84. The molecule has 1 fully saturated rings. The fourth-order valence-corrected chi connectivity index (χ4v) is 2.41. The molecule has 1 saturated heterocycles. The summed E-state index contributed by atoms with van der Waals surface area (Å²) in [6.45, 7) is 0.569. The summed E-state index contributed by atoms with van der Waals surface area (Å²) in [6.07, 6.45) is 3.97. The first kappa shape index (κ1) is 16.0. The molecule has 0 radical (unpaired) electrons. The molecule has 1 atom stereocenters. The van der Waals surface area contributed by atoms with Gasteiger partial charge in [0, 0.05) is 18.8 Å². The minimum atomic E-state index is -0.501. The smallest absolute Gasteiger partial charge is 0.328 e. The van der Waals surface area contributed by atoms with E-state index in [-0.39, 0.29) is 18.4 Å². The van der Waals surface area contributed by atoms with Crippen LogP contribution in [0.3, 0.4) is 0 Å². The van der Waals surface area contributed by atoms with Crippen LogP contribution >= 0.6 is 0 Å². The second-order valence-electron chi connectivity index (χ2n) is 4.90. The minimum Gasteiger partial charge on any atom is -0.481 e. The predicted octanol–water partition coefficient (Wildman–Crippen LogP) is 0.451. The number of amides is 1. The molecule has 8 nitrogen and oxygen atoms in total. The van der Waals surface area contributed by atoms with Crippen LogP contribution in [-0.2, 0) is 14.3 Å². The zero-order valence-corrected chi connectivity index (χ0v) is 12.7. The third-order valence-electron chi connectivity index (χ3n) is 3.53. The number of nitrogens with one attached hydrogen (secondary N) is 1. The number of rotatable bonds is 5. The van der Waals surface area contributed by atoms with E-state index in [2.05, 4.69) is 15.3 Å². The lowest BCUT2D eigenvalue weighted by Crippen LogP contribution is -2.50. The molecular formula is C14H20N4O4. The maximum atomic E-state index is 12.3. The highest BCUT2D eigenvalue weighted by atomic mass is 16.5. The molecule has 0 unspecified atom stereocenters. The van der Waals surface area contributed by atoms with Gasteiger partial charge in [0.25, 0.3) is 0 Å². The molecule has 0 aromatic carbocycles. The molecule has 120 valence electrons. The van der Waals surface area contributed by atoms with Gasteiger partial charge in [-0.15, -0.1) is 0 Å². The van der Waals surface area contributed by atoms with Crippen LogP contribution in [0, 0.1) is 0 Å². The summed E-state index contributed by atoms with van der Waals surface area (Å²) in [7, 11) is 2.84. The molecular weight excluding hydrogens is 288 g/mol. The van der Waals surface area contributed by atoms with Crippen LogP contribution in [-0.4, -0.2) is 60.1 Å². The SMILES string of the molecule is COC(=O)[C@H]1CCCCN1C(=O)CNc1nccc(OC)n1. The zero-order valence-electron chi connectivity index (χ0n) is 12.7. The van der Waals surface area contributed by atoms with Crippen molar-refractivity contribution < 1.29 is 19.1 Å². The van der Waals surface area contributed by atoms with Gasteiger partial charge in [-0.3, -0.25) is 4.79 Å². The van der Waals surface area contributed by atoms with Gasteiger partial charge in [-0.1, -0.05) is 0 Å². The Bertz CT molecular complexity index is 537. The normalized spacial score (nSPS) is 17.7. The Morgan fingerprint density at radius 1 is 1.41 bits per heavy atom. The highest BCUT2D eigenvalue weighted by Crippen LogP contribution is 2.18. The van der Waals surface area contributed by atoms with E-state index in [1.165, 1.54) is 20.4 Å². The van der Waals surface area contributed by atoms with Gasteiger partial charge in [-0.25, -0.2) is 9.78 Å². The monoisotopic (exact) mass is 308 g/mol. The van der Waals surface area contributed by atoms with Crippen LogP contribution in [0.4, 0.5) is 5.95 Å². The summed E-state index contributed by atoms with van der Waals surface area (Å²) >= 11 is 0. The average Bonchev–Trinajstić information content (AvgIpc) is 2.59. The lowest BCUT2D eigenvalue weighted by atomic mass is 10.0. The van der Waals surface area contributed by atoms with Crippen LogP contribution in [0.25, 0.3) is 0 Å². The number of ether oxygens (including phenoxy) is 2. The number of piperidine rings is 1. The van der Waals surface area contributed by atoms with Crippen LogP contribution in [0.2, 0.25) is 0 Å². The Morgan fingerprint density at radius 2 is 2.23 bits per heavy atom. The summed E-state index contributed by atoms with van der Waals surface area (Å²) in [4.78, 5) is 33.7. The van der Waals surface area contributed by atoms with Gasteiger partial charge >= 0.3 is 5.97 Å². The van der Waals surface area contributed by atoms with Crippen LogP contribution in [0.15, 0.2) is 12.3 Å². The highest BCUT2D eigenvalue weighted by molar-refractivity contribution is 5.86. The molecule has 2 rings (SSSR count). The van der Waals surface area contributed by atoms with E-state index in [9.17, 15) is 9.59 Å². The van der Waals surface area contributed by atoms with E-state index in [0.29, 0.717) is 24.8 Å². The zero-order chi connectivity index (χ0) is 15.9. The maximum absolute atomic E-state index is 12.3. The molecule has 0 saturated carbocycles. The van der Waals surface area contributed by atoms with Crippen molar-refractivity contribution in [3.05, 3.63) is 12.3 Å². The van der Waals surface area contributed by atoms with Crippen LogP contribution in [0.1, 0.15) is 19.3 Å². The molecule has 22 heavy (non-hydrogen) atoms. The molecule has 1 aliphatic heterocycles. The number of methoxy groups -OCH3 is 2. The Balaban J connectivity index is 1.96. The van der Waals surface area contributed by atoms with Crippen molar-refractivity contribution in [1.82, 2.24) is 14.9 Å². The van der Waals surface area contributed by atoms with Gasteiger partial charge in [0.05, 0.1) is 20.8 Å². The summed E-state index contributed by atoms with van der Waals surface area (Å²) in [6, 6.07) is 1.12. The molecule has 0 bridgehead atoms. The van der Waals surface area contributed by atoms with Gasteiger partial charge in [0.2, 0.25) is 17.7 Å².